The number of nitrogens with one attached hydrogen (secondary N) is 4. The highest BCUT2D eigenvalue weighted by atomic mass is 16.5. The number of aromatic amines is 2. The minimum Gasteiger partial charge on any atom is -0.453 e. The van der Waals surface area contributed by atoms with Crippen molar-refractivity contribution in [3.05, 3.63) is 121 Å². The Bertz CT molecular complexity index is 2570. The van der Waals surface area contributed by atoms with Gasteiger partial charge in [-0.15, -0.1) is 0 Å². The average molecular weight is 837 g/mol. The first-order chi connectivity index (χ1) is 30.0. The van der Waals surface area contributed by atoms with Gasteiger partial charge in [-0.05, 0) is 75.8 Å². The molecule has 14 nitrogen and oxygen atoms in total. The molecule has 0 bridgehead atoms. The van der Waals surface area contributed by atoms with E-state index in [1.54, 1.807) is 16.0 Å². The third-order valence-electron chi connectivity index (χ3n) is 12.3. The Morgan fingerprint density at radius 3 is 2.16 bits per heavy atom. The van der Waals surface area contributed by atoms with E-state index in [9.17, 15) is 19.2 Å². The Morgan fingerprint density at radius 1 is 0.823 bits per heavy atom. The number of hydrogen-bond acceptors (Lipinski definition) is 8. The highest BCUT2D eigenvalue weighted by molar-refractivity contribution is 5.91. The lowest BCUT2D eigenvalue weighted by molar-refractivity contribution is -0.135. The number of nitrogens with zero attached hydrogens (tertiary/aromatic N) is 4. The Morgan fingerprint density at radius 2 is 1.47 bits per heavy atom. The van der Waals surface area contributed by atoms with Crippen molar-refractivity contribution >= 4 is 34.8 Å². The fraction of sp³-hybridized carbons (Fsp3) is 0.333. The lowest BCUT2D eigenvalue weighted by atomic mass is 9.97. The largest absolute Gasteiger partial charge is 0.453 e. The number of alkyl carbamates (subject to hydrolysis) is 2. The number of ether oxygens (including phenoxy) is 2. The van der Waals surface area contributed by atoms with Crippen LogP contribution < -0.4 is 10.6 Å². The van der Waals surface area contributed by atoms with Gasteiger partial charge in [0.2, 0.25) is 11.8 Å². The number of benzene rings is 4. The van der Waals surface area contributed by atoms with Gasteiger partial charge < -0.3 is 39.9 Å². The molecule has 2 fully saturated rings. The summed E-state index contributed by atoms with van der Waals surface area (Å²) in [5, 5.41) is 7.41. The molecule has 3 atom stereocenters. The number of carbonyl (C=O) groups is 4. The van der Waals surface area contributed by atoms with Gasteiger partial charge in [0.05, 0.1) is 50.6 Å². The first-order valence-corrected chi connectivity index (χ1v) is 21.1. The number of methoxy groups -OCH3 is 2. The Hall–Kier alpha value is -6.96. The van der Waals surface area contributed by atoms with Crippen LogP contribution in [0.1, 0.15) is 68.8 Å². The first kappa shape index (κ1) is 41.8. The van der Waals surface area contributed by atoms with Crippen LogP contribution in [0.4, 0.5) is 9.59 Å². The summed E-state index contributed by atoms with van der Waals surface area (Å²) in [6.07, 6.45) is 6.14. The van der Waals surface area contributed by atoms with Crippen LogP contribution in [0.5, 0.6) is 0 Å². The van der Waals surface area contributed by atoms with Crippen LogP contribution >= 0.6 is 0 Å². The first-order valence-electron chi connectivity index (χ1n) is 21.1. The van der Waals surface area contributed by atoms with Gasteiger partial charge in [-0.3, -0.25) is 9.59 Å². The van der Waals surface area contributed by atoms with E-state index in [0.717, 1.165) is 75.9 Å². The molecule has 1 saturated heterocycles. The van der Waals surface area contributed by atoms with E-state index in [-0.39, 0.29) is 42.3 Å². The molecular weight excluding hydrogens is 785 g/mol. The number of carbonyl (C=O) groups excluding carboxylic acids is 4. The van der Waals surface area contributed by atoms with Gasteiger partial charge in [0.1, 0.15) is 24.2 Å². The number of fused-ring (bicyclic) bond motifs is 1. The summed E-state index contributed by atoms with van der Waals surface area (Å²) >= 11 is 0. The molecule has 1 aliphatic carbocycles. The SMILES string of the molecule is CCC1CCN(C(=O)CNC(=O)OC)[C@@H]1c1ncc(-c2ccc(-c3ccc4cc(-c5cnc(CN(CC6(C)CC6)C(=O)C(NC(=O)OC)c6ccccc6)[nH]5)ccc4c3)cc2)[nH]1. The molecule has 8 rings (SSSR count). The summed E-state index contributed by atoms with van der Waals surface area (Å²) in [5.41, 5.74) is 6.52. The van der Waals surface area contributed by atoms with Crippen molar-refractivity contribution < 1.29 is 28.7 Å². The van der Waals surface area contributed by atoms with Crippen molar-refractivity contribution in [3.8, 4) is 33.6 Å². The maximum atomic E-state index is 14.2. The maximum Gasteiger partial charge on any atom is 0.407 e. The van der Waals surface area contributed by atoms with Gasteiger partial charge in [0.25, 0.3) is 0 Å². The fourth-order valence-electron chi connectivity index (χ4n) is 8.43. The second kappa shape index (κ2) is 17.9. The molecule has 320 valence electrons. The second-order valence-corrected chi connectivity index (χ2v) is 16.6. The topological polar surface area (TPSA) is 175 Å². The van der Waals surface area contributed by atoms with E-state index >= 15 is 0 Å². The number of rotatable bonds is 14. The molecule has 2 unspecified atom stereocenters. The quantitative estimate of drug-likeness (QED) is 0.0850. The molecule has 4 N–H and O–H groups in total. The standard InChI is InChI=1S/C48H52N8O6/c1-5-30-19-22-56(41(57)27-51-46(59)61-3)43(30)44-50-26-38(53-44)32-13-11-31(12-14-32)34-15-16-36-24-37(18-17-35(36)23-34)39-25-49-40(52-39)28-55(29-48(2)20-21-48)45(58)42(54-47(60)62-4)33-9-7-6-8-10-33/h6-18,23-26,30,42-43H,5,19-22,27-29H2,1-4H3,(H,49,52)(H,50,53)(H,51,59)(H,54,60)/t30?,42?,43-/m0/s1. The van der Waals surface area contributed by atoms with Crippen molar-refractivity contribution in [2.24, 2.45) is 11.3 Å². The number of hydrogen-bond donors (Lipinski definition) is 4. The summed E-state index contributed by atoms with van der Waals surface area (Å²) in [7, 11) is 2.56. The van der Waals surface area contributed by atoms with E-state index in [4.69, 9.17) is 14.7 Å². The fourth-order valence-corrected chi connectivity index (χ4v) is 8.43. The summed E-state index contributed by atoms with van der Waals surface area (Å²) in [5.74, 6) is 1.25. The van der Waals surface area contributed by atoms with Crippen LogP contribution in [0.3, 0.4) is 0 Å². The van der Waals surface area contributed by atoms with E-state index in [1.807, 2.05) is 36.5 Å². The minimum absolute atomic E-state index is 0.0226. The zero-order valence-corrected chi connectivity index (χ0v) is 35.4. The maximum absolute atomic E-state index is 14.2. The monoisotopic (exact) mass is 836 g/mol. The minimum atomic E-state index is -0.902. The van der Waals surface area contributed by atoms with Gasteiger partial charge in [-0.2, -0.15) is 0 Å². The molecule has 4 amide bonds. The van der Waals surface area contributed by atoms with Crippen LogP contribution in [0.2, 0.25) is 0 Å². The highest BCUT2D eigenvalue weighted by Gasteiger charge is 2.42. The number of H-pyrrole nitrogens is 2. The van der Waals surface area contributed by atoms with E-state index < -0.39 is 18.2 Å². The number of aromatic nitrogens is 4. The highest BCUT2D eigenvalue weighted by Crippen LogP contribution is 2.46. The number of amides is 4. The Kier molecular flexibility index (Phi) is 12.1. The van der Waals surface area contributed by atoms with E-state index in [2.05, 4.69) is 99.8 Å². The third kappa shape index (κ3) is 9.19. The van der Waals surface area contributed by atoms with Crippen LogP contribution in [0.25, 0.3) is 44.4 Å². The molecule has 0 radical (unpaired) electrons. The zero-order chi connectivity index (χ0) is 43.4. The lowest BCUT2D eigenvalue weighted by Gasteiger charge is -2.29. The molecular formula is C48H52N8O6. The van der Waals surface area contributed by atoms with E-state index in [1.165, 1.54) is 14.2 Å². The molecule has 0 spiro atoms. The van der Waals surface area contributed by atoms with Crippen molar-refractivity contribution in [2.45, 2.75) is 58.2 Å². The Balaban J connectivity index is 0.953. The summed E-state index contributed by atoms with van der Waals surface area (Å²) in [4.78, 5) is 71.1. The second-order valence-electron chi connectivity index (χ2n) is 16.6. The zero-order valence-electron chi connectivity index (χ0n) is 35.4. The van der Waals surface area contributed by atoms with Crippen LogP contribution in [0.15, 0.2) is 103 Å². The van der Waals surface area contributed by atoms with Crippen molar-refractivity contribution in [1.29, 1.82) is 0 Å². The lowest BCUT2D eigenvalue weighted by Crippen LogP contribution is -2.44. The van der Waals surface area contributed by atoms with Gasteiger partial charge in [0, 0.05) is 18.7 Å². The van der Waals surface area contributed by atoms with Crippen molar-refractivity contribution in [1.82, 2.24) is 40.4 Å². The molecule has 2 aliphatic rings. The average Bonchev–Trinajstić information content (AvgIpc) is 3.70. The third-order valence-corrected chi connectivity index (χ3v) is 12.3. The molecule has 3 heterocycles. The van der Waals surface area contributed by atoms with Gasteiger partial charge in [-0.1, -0.05) is 99.1 Å². The van der Waals surface area contributed by atoms with Gasteiger partial charge >= 0.3 is 12.2 Å². The molecule has 6 aromatic rings. The summed E-state index contributed by atoms with van der Waals surface area (Å²) < 4.78 is 9.50. The smallest absolute Gasteiger partial charge is 0.407 e. The molecule has 2 aromatic heterocycles. The van der Waals surface area contributed by atoms with Crippen molar-refractivity contribution in [3.63, 3.8) is 0 Å². The van der Waals surface area contributed by atoms with Crippen LogP contribution in [0, 0.1) is 11.3 Å². The van der Waals surface area contributed by atoms with Gasteiger partial charge in [0.15, 0.2) is 0 Å². The summed E-state index contributed by atoms with van der Waals surface area (Å²) in [6, 6.07) is 29.2. The predicted octanol–water partition coefficient (Wildman–Crippen LogP) is 8.17. The molecule has 1 saturated carbocycles. The molecule has 4 aromatic carbocycles. The van der Waals surface area contributed by atoms with Crippen molar-refractivity contribution in [2.75, 3.05) is 33.9 Å². The Labute approximate surface area is 360 Å². The van der Waals surface area contributed by atoms with Crippen LogP contribution in [-0.2, 0) is 25.6 Å². The predicted molar refractivity (Wildman–Crippen MR) is 235 cm³/mol. The normalized spacial score (nSPS) is 17.0. The molecule has 1 aliphatic heterocycles. The summed E-state index contributed by atoms with van der Waals surface area (Å²) in [6.45, 7) is 5.57. The molecule has 62 heavy (non-hydrogen) atoms. The van der Waals surface area contributed by atoms with Crippen LogP contribution in [-0.4, -0.2) is 87.6 Å². The number of likely N-dealkylation sites (tertiary alicyclic amines) is 1. The van der Waals surface area contributed by atoms with E-state index in [0.29, 0.717) is 24.5 Å². The number of imidazole rings is 2. The molecule has 14 heteroatoms. The van der Waals surface area contributed by atoms with Gasteiger partial charge in [-0.25, -0.2) is 19.6 Å².